The molecule has 1 fully saturated rings. The van der Waals surface area contributed by atoms with Crippen molar-refractivity contribution in [3.63, 3.8) is 0 Å². The van der Waals surface area contributed by atoms with Crippen molar-refractivity contribution in [1.29, 1.82) is 5.26 Å². The maximum absolute atomic E-state index is 12.1. The van der Waals surface area contributed by atoms with E-state index in [1.165, 1.54) is 4.57 Å². The second kappa shape index (κ2) is 6.50. The van der Waals surface area contributed by atoms with Crippen LogP contribution in [0.15, 0.2) is 29.1 Å². The molecule has 26 heavy (non-hydrogen) atoms. The van der Waals surface area contributed by atoms with E-state index >= 15 is 0 Å². The number of anilines is 1. The molecule has 9 nitrogen and oxygen atoms in total. The molecule has 9 heteroatoms. The molecule has 3 aromatic rings. The third kappa shape index (κ3) is 2.76. The Kier molecular flexibility index (Phi) is 4.02. The second-order valence-corrected chi connectivity index (χ2v) is 5.96. The van der Waals surface area contributed by atoms with Crippen molar-refractivity contribution in [1.82, 2.24) is 24.8 Å². The van der Waals surface area contributed by atoms with Gasteiger partial charge in [0.25, 0.3) is 0 Å². The van der Waals surface area contributed by atoms with Gasteiger partial charge in [0, 0.05) is 33.2 Å². The first-order valence-corrected chi connectivity index (χ1v) is 8.27. The maximum Gasteiger partial charge on any atom is 0.327 e. The molecule has 1 aliphatic rings. The van der Waals surface area contributed by atoms with Gasteiger partial charge < -0.3 is 19.9 Å². The van der Waals surface area contributed by atoms with Gasteiger partial charge in [0.15, 0.2) is 11.5 Å². The number of rotatable bonds is 3. The summed E-state index contributed by atoms with van der Waals surface area (Å²) in [7, 11) is 1.64. The molecule has 2 N–H and O–H groups in total. The first-order valence-electron chi connectivity index (χ1n) is 8.27. The van der Waals surface area contributed by atoms with Crippen LogP contribution in [0.2, 0.25) is 0 Å². The monoisotopic (exact) mass is 351 g/mol. The number of piperazine rings is 1. The lowest BCUT2D eigenvalue weighted by Gasteiger charge is -2.28. The van der Waals surface area contributed by atoms with Crippen molar-refractivity contribution in [3.8, 4) is 17.8 Å². The van der Waals surface area contributed by atoms with Gasteiger partial charge in [-0.05, 0) is 12.1 Å². The van der Waals surface area contributed by atoms with Crippen LogP contribution in [0.3, 0.4) is 0 Å². The number of ether oxygens (including phenoxy) is 1. The quantitative estimate of drug-likeness (QED) is 0.715. The summed E-state index contributed by atoms with van der Waals surface area (Å²) in [5.74, 6) is 1.000. The van der Waals surface area contributed by atoms with Crippen LogP contribution in [-0.4, -0.2) is 45.7 Å². The summed E-state index contributed by atoms with van der Waals surface area (Å²) in [6, 6.07) is 9.07. The number of aromatic nitrogens is 4. The highest BCUT2D eigenvalue weighted by Gasteiger charge is 2.21. The van der Waals surface area contributed by atoms with Crippen molar-refractivity contribution >= 4 is 17.0 Å². The molecule has 2 aromatic heterocycles. The Bertz CT molecular complexity index is 1060. The summed E-state index contributed by atoms with van der Waals surface area (Å²) >= 11 is 0. The van der Waals surface area contributed by atoms with Gasteiger partial charge in [-0.3, -0.25) is 4.57 Å². The first-order chi connectivity index (χ1) is 12.7. The van der Waals surface area contributed by atoms with Crippen molar-refractivity contribution in [2.24, 2.45) is 7.05 Å². The van der Waals surface area contributed by atoms with Crippen LogP contribution in [-0.2, 0) is 7.05 Å². The Morgan fingerprint density at radius 3 is 2.77 bits per heavy atom. The van der Waals surface area contributed by atoms with Crippen LogP contribution in [0, 0.1) is 11.3 Å². The number of para-hydroxylation sites is 1. The molecule has 0 aliphatic carbocycles. The lowest BCUT2D eigenvalue weighted by Crippen LogP contribution is -2.44. The molecule has 1 aliphatic heterocycles. The molecule has 0 unspecified atom stereocenters. The summed E-state index contributed by atoms with van der Waals surface area (Å²) < 4.78 is 7.21. The van der Waals surface area contributed by atoms with Crippen LogP contribution in [0.1, 0.15) is 5.56 Å². The zero-order valence-electron chi connectivity index (χ0n) is 14.2. The van der Waals surface area contributed by atoms with Gasteiger partial charge in [0.05, 0.1) is 5.56 Å². The fourth-order valence-corrected chi connectivity index (χ4v) is 2.96. The maximum atomic E-state index is 12.1. The molecule has 1 aromatic carbocycles. The first kappa shape index (κ1) is 16.1. The topological polar surface area (TPSA) is 112 Å². The summed E-state index contributed by atoms with van der Waals surface area (Å²) in [5.41, 5.74) is 1.17. The highest BCUT2D eigenvalue weighted by molar-refractivity contribution is 5.84. The van der Waals surface area contributed by atoms with E-state index in [4.69, 9.17) is 4.74 Å². The highest BCUT2D eigenvalue weighted by Crippen LogP contribution is 2.28. The van der Waals surface area contributed by atoms with Crippen molar-refractivity contribution in [3.05, 3.63) is 40.3 Å². The molecular formula is C17H17N7O2. The molecule has 4 rings (SSSR count). The minimum Gasteiger partial charge on any atom is -0.423 e. The van der Waals surface area contributed by atoms with Crippen LogP contribution in [0.25, 0.3) is 11.2 Å². The van der Waals surface area contributed by atoms with E-state index in [0.717, 1.165) is 26.2 Å². The SMILES string of the molecule is Cn1c(=O)[nH]c2c(N3CCNCC3)nc(Oc3ccccc3C#N)nc21. The molecule has 0 spiro atoms. The van der Waals surface area contributed by atoms with E-state index in [1.54, 1.807) is 31.3 Å². The number of fused-ring (bicyclic) bond motifs is 1. The van der Waals surface area contributed by atoms with E-state index in [-0.39, 0.29) is 11.7 Å². The fraction of sp³-hybridized carbons (Fsp3) is 0.294. The Balaban J connectivity index is 1.84. The van der Waals surface area contributed by atoms with Crippen LogP contribution in [0.5, 0.6) is 11.8 Å². The second-order valence-electron chi connectivity index (χ2n) is 5.96. The summed E-state index contributed by atoms with van der Waals surface area (Å²) in [5, 5.41) is 12.5. The Hall–Kier alpha value is -3.38. The number of hydrogen-bond donors (Lipinski definition) is 2. The summed E-state index contributed by atoms with van der Waals surface area (Å²) in [6.07, 6.45) is 0. The Labute approximate surface area is 148 Å². The van der Waals surface area contributed by atoms with E-state index < -0.39 is 0 Å². The van der Waals surface area contributed by atoms with Gasteiger partial charge in [-0.25, -0.2) is 4.79 Å². The van der Waals surface area contributed by atoms with E-state index in [0.29, 0.717) is 28.3 Å². The van der Waals surface area contributed by atoms with E-state index in [1.807, 2.05) is 0 Å². The molecule has 0 atom stereocenters. The third-order valence-electron chi connectivity index (χ3n) is 4.33. The van der Waals surface area contributed by atoms with Crippen molar-refractivity contribution in [2.75, 3.05) is 31.1 Å². The standard InChI is InChI=1S/C17H17N7O2/c1-23-14-13(20-17(23)25)15(24-8-6-19-7-9-24)22-16(21-14)26-12-5-3-2-4-11(12)10-18/h2-5,19H,6-9H2,1H3,(H,20,25). The highest BCUT2D eigenvalue weighted by atomic mass is 16.5. The number of H-pyrrole nitrogens is 1. The van der Waals surface area contributed by atoms with E-state index in [2.05, 4.69) is 31.2 Å². The summed E-state index contributed by atoms with van der Waals surface area (Å²) in [4.78, 5) is 25.9. The lowest BCUT2D eigenvalue weighted by atomic mass is 10.2. The fourth-order valence-electron chi connectivity index (χ4n) is 2.96. The van der Waals surface area contributed by atoms with Gasteiger partial charge in [0.2, 0.25) is 0 Å². The lowest BCUT2D eigenvalue weighted by molar-refractivity contribution is 0.441. The average Bonchev–Trinajstić information content (AvgIpc) is 2.97. The molecule has 1 saturated heterocycles. The number of aromatic amines is 1. The molecule has 0 bridgehead atoms. The van der Waals surface area contributed by atoms with Gasteiger partial charge in [-0.15, -0.1) is 0 Å². The summed E-state index contributed by atoms with van der Waals surface area (Å²) in [6.45, 7) is 3.18. The largest absolute Gasteiger partial charge is 0.423 e. The molecule has 0 radical (unpaired) electrons. The number of nitrogens with zero attached hydrogens (tertiary/aromatic N) is 5. The average molecular weight is 351 g/mol. The number of nitrogens with one attached hydrogen (secondary N) is 2. The van der Waals surface area contributed by atoms with Gasteiger partial charge in [0.1, 0.15) is 17.3 Å². The van der Waals surface area contributed by atoms with Crippen LogP contribution in [0.4, 0.5) is 5.82 Å². The molecular weight excluding hydrogens is 334 g/mol. The number of imidazole rings is 1. The van der Waals surface area contributed by atoms with Gasteiger partial charge >= 0.3 is 11.7 Å². The minimum absolute atomic E-state index is 0.100. The molecule has 0 amide bonds. The zero-order valence-corrected chi connectivity index (χ0v) is 14.2. The Morgan fingerprint density at radius 2 is 2.00 bits per heavy atom. The van der Waals surface area contributed by atoms with Crippen LogP contribution >= 0.6 is 0 Å². The van der Waals surface area contributed by atoms with Gasteiger partial charge in [-0.2, -0.15) is 15.2 Å². The Morgan fingerprint density at radius 1 is 1.23 bits per heavy atom. The molecule has 0 saturated carbocycles. The molecule has 132 valence electrons. The predicted molar refractivity (Wildman–Crippen MR) is 95.4 cm³/mol. The van der Waals surface area contributed by atoms with Crippen molar-refractivity contribution < 1.29 is 4.74 Å². The normalized spacial score (nSPS) is 14.4. The number of aryl methyl sites for hydroxylation is 1. The number of benzene rings is 1. The number of hydrogen-bond acceptors (Lipinski definition) is 7. The zero-order chi connectivity index (χ0) is 18.1. The minimum atomic E-state index is -0.264. The number of nitriles is 1. The molecule has 3 heterocycles. The predicted octanol–water partition coefficient (Wildman–Crippen LogP) is 0.730. The smallest absolute Gasteiger partial charge is 0.327 e. The third-order valence-corrected chi connectivity index (χ3v) is 4.33. The van der Waals surface area contributed by atoms with Gasteiger partial charge in [-0.1, -0.05) is 12.1 Å². The van der Waals surface area contributed by atoms with Crippen molar-refractivity contribution in [2.45, 2.75) is 0 Å². The van der Waals surface area contributed by atoms with E-state index in [9.17, 15) is 10.1 Å². The van der Waals surface area contributed by atoms with Crippen LogP contribution < -0.4 is 20.6 Å².